The van der Waals surface area contributed by atoms with Crippen LogP contribution >= 0.6 is 11.6 Å². The Kier molecular flexibility index (Phi) is 7.54. The normalized spacial score (nSPS) is 11.4. The molecule has 2 amide bonds. The van der Waals surface area contributed by atoms with Crippen LogP contribution in [-0.2, 0) is 11.3 Å². The van der Waals surface area contributed by atoms with E-state index in [1.807, 2.05) is 6.07 Å². The summed E-state index contributed by atoms with van der Waals surface area (Å²) in [6.07, 6.45) is 0. The third-order valence-corrected chi connectivity index (χ3v) is 4.86. The van der Waals surface area contributed by atoms with E-state index in [-0.39, 0.29) is 17.9 Å². The summed E-state index contributed by atoms with van der Waals surface area (Å²) in [5.74, 6) is -1.31. The molecule has 31 heavy (non-hydrogen) atoms. The van der Waals surface area contributed by atoms with E-state index in [1.165, 1.54) is 12.1 Å². The van der Waals surface area contributed by atoms with E-state index in [9.17, 15) is 19.5 Å². The molecule has 0 saturated heterocycles. The number of nitrogens with one attached hydrogen (secondary N) is 2. The molecule has 0 aliphatic rings. The van der Waals surface area contributed by atoms with E-state index in [2.05, 4.69) is 10.6 Å². The van der Waals surface area contributed by atoms with Crippen molar-refractivity contribution in [3.05, 3.63) is 106 Å². The average Bonchev–Trinajstić information content (AvgIpc) is 2.82. The highest BCUT2D eigenvalue weighted by Crippen LogP contribution is 2.12. The lowest BCUT2D eigenvalue weighted by Gasteiger charge is -2.16. The molecular weight excluding hydrogens is 416 g/mol. The maximum atomic E-state index is 12.6. The number of halogens is 1. The summed E-state index contributed by atoms with van der Waals surface area (Å²) >= 11 is 5.84. The molecule has 158 valence electrons. The van der Waals surface area contributed by atoms with E-state index in [1.54, 1.807) is 60.7 Å². The molecule has 0 aliphatic heterocycles. The highest BCUT2D eigenvalue weighted by atomic mass is 35.5. The Morgan fingerprint density at radius 1 is 0.839 bits per heavy atom. The summed E-state index contributed by atoms with van der Waals surface area (Å²) in [4.78, 5) is 37.6. The molecule has 3 rings (SSSR count). The summed E-state index contributed by atoms with van der Waals surface area (Å²) in [7, 11) is 0. The summed E-state index contributed by atoms with van der Waals surface area (Å²) < 4.78 is 0. The van der Waals surface area contributed by atoms with E-state index >= 15 is 0 Å². The fourth-order valence-corrected chi connectivity index (χ4v) is 3.03. The Morgan fingerprint density at radius 2 is 1.48 bits per heavy atom. The number of hydrogen-bond donors (Lipinski definition) is 3. The predicted octanol–water partition coefficient (Wildman–Crippen LogP) is 2.98. The van der Waals surface area contributed by atoms with Crippen LogP contribution in [0.5, 0.6) is 0 Å². The SMILES string of the molecule is O=C(NC(CO)C(=O)NCc1ccc(Cl)cc1)c1cccc(C(=O)c2ccccc2)c1. The van der Waals surface area contributed by atoms with Crippen molar-refractivity contribution in [2.45, 2.75) is 12.6 Å². The third-order valence-electron chi connectivity index (χ3n) is 4.61. The Morgan fingerprint density at radius 3 is 2.16 bits per heavy atom. The Balaban J connectivity index is 1.64. The standard InChI is InChI=1S/C24H21ClN2O4/c25-20-11-9-16(10-12-20)14-26-24(31)21(15-28)27-23(30)19-8-4-7-18(13-19)22(29)17-5-2-1-3-6-17/h1-13,21,28H,14-15H2,(H,26,31)(H,27,30). The van der Waals surface area contributed by atoms with Crippen LogP contribution in [0.3, 0.4) is 0 Å². The van der Waals surface area contributed by atoms with Crippen LogP contribution in [0.15, 0.2) is 78.9 Å². The first-order valence-electron chi connectivity index (χ1n) is 9.61. The zero-order valence-corrected chi connectivity index (χ0v) is 17.3. The van der Waals surface area contributed by atoms with Crippen LogP contribution in [0, 0.1) is 0 Å². The molecule has 0 bridgehead atoms. The van der Waals surface area contributed by atoms with Gasteiger partial charge in [-0.1, -0.05) is 66.2 Å². The molecule has 6 nitrogen and oxygen atoms in total. The van der Waals surface area contributed by atoms with Gasteiger partial charge in [0, 0.05) is 28.3 Å². The van der Waals surface area contributed by atoms with Gasteiger partial charge in [0.15, 0.2) is 5.78 Å². The van der Waals surface area contributed by atoms with Crippen molar-refractivity contribution in [3.8, 4) is 0 Å². The molecule has 0 fully saturated rings. The first kappa shape index (κ1) is 22.2. The van der Waals surface area contributed by atoms with Gasteiger partial charge in [-0.15, -0.1) is 0 Å². The second-order valence-electron chi connectivity index (χ2n) is 6.83. The smallest absolute Gasteiger partial charge is 0.252 e. The molecule has 0 spiro atoms. The Labute approximate surface area is 184 Å². The number of ketones is 1. The second-order valence-corrected chi connectivity index (χ2v) is 7.27. The van der Waals surface area contributed by atoms with Crippen molar-refractivity contribution in [1.29, 1.82) is 0 Å². The highest BCUT2D eigenvalue weighted by molar-refractivity contribution is 6.30. The van der Waals surface area contributed by atoms with E-state index in [0.29, 0.717) is 16.1 Å². The number of aliphatic hydroxyl groups is 1. The summed E-state index contributed by atoms with van der Waals surface area (Å²) in [5, 5.41) is 15.3. The number of benzene rings is 3. The topological polar surface area (TPSA) is 95.5 Å². The van der Waals surface area contributed by atoms with Crippen LogP contribution in [0.2, 0.25) is 5.02 Å². The molecule has 0 saturated carbocycles. The molecule has 0 aliphatic carbocycles. The first-order chi connectivity index (χ1) is 15.0. The van der Waals surface area contributed by atoms with Crippen LogP contribution in [0.25, 0.3) is 0 Å². The van der Waals surface area contributed by atoms with E-state index < -0.39 is 24.5 Å². The summed E-state index contributed by atoms with van der Waals surface area (Å²) in [5.41, 5.74) is 1.90. The molecule has 7 heteroatoms. The molecule has 0 aromatic heterocycles. The molecule has 0 radical (unpaired) electrons. The van der Waals surface area contributed by atoms with Gasteiger partial charge in [0.25, 0.3) is 5.91 Å². The van der Waals surface area contributed by atoms with Crippen molar-refractivity contribution < 1.29 is 19.5 Å². The number of carbonyl (C=O) groups is 3. The lowest BCUT2D eigenvalue weighted by atomic mass is 10.0. The van der Waals surface area contributed by atoms with Gasteiger partial charge in [-0.25, -0.2) is 0 Å². The third kappa shape index (κ3) is 6.01. The van der Waals surface area contributed by atoms with Crippen molar-refractivity contribution in [3.63, 3.8) is 0 Å². The maximum Gasteiger partial charge on any atom is 0.252 e. The largest absolute Gasteiger partial charge is 0.394 e. The lowest BCUT2D eigenvalue weighted by molar-refractivity contribution is -0.124. The van der Waals surface area contributed by atoms with Crippen LogP contribution in [0.4, 0.5) is 0 Å². The van der Waals surface area contributed by atoms with Crippen LogP contribution in [-0.4, -0.2) is 35.4 Å². The molecular formula is C24H21ClN2O4. The van der Waals surface area contributed by atoms with Crippen LogP contribution in [0.1, 0.15) is 31.8 Å². The number of carbonyl (C=O) groups excluding carboxylic acids is 3. The van der Waals surface area contributed by atoms with Gasteiger partial charge >= 0.3 is 0 Å². The minimum absolute atomic E-state index is 0.213. The average molecular weight is 437 g/mol. The maximum absolute atomic E-state index is 12.6. The molecule has 1 unspecified atom stereocenters. The highest BCUT2D eigenvalue weighted by Gasteiger charge is 2.21. The van der Waals surface area contributed by atoms with Crippen molar-refractivity contribution >= 4 is 29.2 Å². The van der Waals surface area contributed by atoms with Gasteiger partial charge in [0.05, 0.1) is 6.61 Å². The van der Waals surface area contributed by atoms with E-state index in [4.69, 9.17) is 11.6 Å². The minimum Gasteiger partial charge on any atom is -0.394 e. The molecule has 3 aromatic rings. The first-order valence-corrected chi connectivity index (χ1v) is 9.99. The van der Waals surface area contributed by atoms with Crippen molar-refractivity contribution in [2.75, 3.05) is 6.61 Å². The molecule has 1 atom stereocenters. The van der Waals surface area contributed by atoms with E-state index in [0.717, 1.165) is 5.56 Å². The minimum atomic E-state index is -1.13. The monoisotopic (exact) mass is 436 g/mol. The molecule has 3 N–H and O–H groups in total. The van der Waals surface area contributed by atoms with Gasteiger partial charge in [0.1, 0.15) is 6.04 Å². The van der Waals surface area contributed by atoms with Crippen molar-refractivity contribution in [2.24, 2.45) is 0 Å². The van der Waals surface area contributed by atoms with Gasteiger partial charge in [0.2, 0.25) is 5.91 Å². The summed E-state index contributed by atoms with van der Waals surface area (Å²) in [6.45, 7) is -0.343. The Bertz CT molecular complexity index is 1070. The summed E-state index contributed by atoms with van der Waals surface area (Å²) in [6, 6.07) is 20.8. The van der Waals surface area contributed by atoms with Gasteiger partial charge in [-0.05, 0) is 29.8 Å². The van der Waals surface area contributed by atoms with Gasteiger partial charge < -0.3 is 15.7 Å². The number of aliphatic hydroxyl groups excluding tert-OH is 1. The van der Waals surface area contributed by atoms with Gasteiger partial charge in [-0.2, -0.15) is 0 Å². The second kappa shape index (κ2) is 10.5. The zero-order chi connectivity index (χ0) is 22.2. The lowest BCUT2D eigenvalue weighted by Crippen LogP contribution is -2.48. The fraction of sp³-hybridized carbons (Fsp3) is 0.125. The fourth-order valence-electron chi connectivity index (χ4n) is 2.91. The quantitative estimate of drug-likeness (QED) is 0.473. The van der Waals surface area contributed by atoms with Crippen molar-refractivity contribution in [1.82, 2.24) is 10.6 Å². The van der Waals surface area contributed by atoms with Crippen LogP contribution < -0.4 is 10.6 Å². The number of rotatable bonds is 8. The number of amides is 2. The molecule has 3 aromatic carbocycles. The Hall–Kier alpha value is -3.48. The predicted molar refractivity (Wildman–Crippen MR) is 118 cm³/mol. The number of hydrogen-bond acceptors (Lipinski definition) is 4. The zero-order valence-electron chi connectivity index (χ0n) is 16.5. The van der Waals surface area contributed by atoms with Gasteiger partial charge in [-0.3, -0.25) is 14.4 Å². The molecule has 0 heterocycles.